The van der Waals surface area contributed by atoms with Crippen molar-refractivity contribution in [2.24, 2.45) is 0 Å². The van der Waals surface area contributed by atoms with Crippen LogP contribution >= 0.6 is 11.6 Å². The molecule has 1 aromatic carbocycles. The summed E-state index contributed by atoms with van der Waals surface area (Å²) in [5, 5.41) is 4.00. The summed E-state index contributed by atoms with van der Waals surface area (Å²) < 4.78 is 49.2. The third-order valence-corrected chi connectivity index (χ3v) is 2.47. The second-order valence-corrected chi connectivity index (χ2v) is 4.21. The van der Waals surface area contributed by atoms with Gasteiger partial charge in [0.1, 0.15) is 12.6 Å². The summed E-state index contributed by atoms with van der Waals surface area (Å²) in [5.41, 5.74) is -0.0536. The quantitative estimate of drug-likeness (QED) is 0.839. The molecular weight excluding hydrogens is 288 g/mol. The van der Waals surface area contributed by atoms with E-state index in [1.165, 1.54) is 25.1 Å². The molecule has 1 atom stereocenters. The Balaban J connectivity index is 2.62. The molecule has 0 heterocycles. The van der Waals surface area contributed by atoms with E-state index in [0.29, 0.717) is 0 Å². The minimum absolute atomic E-state index is 0.0536. The molecule has 1 unspecified atom stereocenters. The Labute approximate surface area is 111 Å². The number of nitrogens with one attached hydrogen (secondary N) is 2. The number of hydrogen-bond acceptors (Lipinski definition) is 2. The SMILES string of the molecule is CC(Nc1cccc(Cl)c1F)C(=O)NCC(F)(F)F. The average Bonchev–Trinajstić information content (AvgIpc) is 2.31. The number of halogens is 5. The van der Waals surface area contributed by atoms with Gasteiger partial charge in [0.25, 0.3) is 0 Å². The minimum atomic E-state index is -4.49. The lowest BCUT2D eigenvalue weighted by Gasteiger charge is -2.16. The summed E-state index contributed by atoms with van der Waals surface area (Å²) in [6.07, 6.45) is -4.49. The van der Waals surface area contributed by atoms with Crippen LogP contribution in [0.5, 0.6) is 0 Å². The van der Waals surface area contributed by atoms with Crippen LogP contribution in [0.1, 0.15) is 6.92 Å². The molecule has 2 N–H and O–H groups in total. The van der Waals surface area contributed by atoms with Crippen LogP contribution in [-0.2, 0) is 4.79 Å². The van der Waals surface area contributed by atoms with Gasteiger partial charge < -0.3 is 10.6 Å². The summed E-state index contributed by atoms with van der Waals surface area (Å²) in [7, 11) is 0. The van der Waals surface area contributed by atoms with E-state index in [-0.39, 0.29) is 10.7 Å². The van der Waals surface area contributed by atoms with Crippen molar-refractivity contribution in [1.29, 1.82) is 0 Å². The molecule has 3 nitrogen and oxygen atoms in total. The van der Waals surface area contributed by atoms with Crippen LogP contribution < -0.4 is 10.6 Å². The van der Waals surface area contributed by atoms with Crippen molar-refractivity contribution in [3.05, 3.63) is 29.0 Å². The van der Waals surface area contributed by atoms with Crippen molar-refractivity contribution >= 4 is 23.2 Å². The van der Waals surface area contributed by atoms with Crippen molar-refractivity contribution in [2.45, 2.75) is 19.1 Å². The average molecular weight is 299 g/mol. The first kappa shape index (κ1) is 15.6. The first-order valence-electron chi connectivity index (χ1n) is 5.25. The third kappa shape index (κ3) is 4.94. The summed E-state index contributed by atoms with van der Waals surface area (Å²) in [4.78, 5) is 11.4. The molecule has 0 radical (unpaired) electrons. The number of anilines is 1. The Morgan fingerprint density at radius 3 is 2.63 bits per heavy atom. The second-order valence-electron chi connectivity index (χ2n) is 3.80. The van der Waals surface area contributed by atoms with Crippen LogP contribution in [0.25, 0.3) is 0 Å². The van der Waals surface area contributed by atoms with Gasteiger partial charge in [0.15, 0.2) is 5.82 Å². The van der Waals surface area contributed by atoms with Gasteiger partial charge >= 0.3 is 6.18 Å². The highest BCUT2D eigenvalue weighted by atomic mass is 35.5. The van der Waals surface area contributed by atoms with Crippen LogP contribution in [0, 0.1) is 5.82 Å². The van der Waals surface area contributed by atoms with E-state index in [1.54, 1.807) is 5.32 Å². The Hall–Kier alpha value is -1.50. The van der Waals surface area contributed by atoms with Crippen LogP contribution in [0.2, 0.25) is 5.02 Å². The molecule has 1 aromatic rings. The normalized spacial score (nSPS) is 12.9. The number of hydrogen-bond donors (Lipinski definition) is 2. The summed E-state index contributed by atoms with van der Waals surface area (Å²) in [6, 6.07) is 3.06. The maximum Gasteiger partial charge on any atom is 0.405 e. The maximum absolute atomic E-state index is 13.5. The zero-order valence-corrected chi connectivity index (χ0v) is 10.6. The largest absolute Gasteiger partial charge is 0.405 e. The number of alkyl halides is 3. The molecule has 1 rings (SSSR count). The number of amides is 1. The molecule has 8 heteroatoms. The number of rotatable bonds is 4. The van der Waals surface area contributed by atoms with Crippen molar-refractivity contribution in [1.82, 2.24) is 5.32 Å². The lowest BCUT2D eigenvalue weighted by atomic mass is 10.2. The Kier molecular flexibility index (Phi) is 4.99. The van der Waals surface area contributed by atoms with Crippen molar-refractivity contribution in [2.75, 3.05) is 11.9 Å². The van der Waals surface area contributed by atoms with Crippen LogP contribution in [0.3, 0.4) is 0 Å². The topological polar surface area (TPSA) is 41.1 Å². The predicted octanol–water partition coefficient (Wildman–Crippen LogP) is 2.96. The zero-order valence-electron chi connectivity index (χ0n) is 9.81. The number of carbonyl (C=O) groups excluding carboxylic acids is 1. The summed E-state index contributed by atoms with van der Waals surface area (Å²) in [5.74, 6) is -1.66. The standard InChI is InChI=1S/C11H11ClF4N2O/c1-6(10(19)17-5-11(14,15)16)18-8-4-2-3-7(12)9(8)13/h2-4,6,18H,5H2,1H3,(H,17,19). The molecular formula is C11H11ClF4N2O. The highest BCUT2D eigenvalue weighted by Gasteiger charge is 2.28. The van der Waals surface area contributed by atoms with E-state index >= 15 is 0 Å². The molecule has 0 saturated carbocycles. The molecule has 0 saturated heterocycles. The molecule has 19 heavy (non-hydrogen) atoms. The second kappa shape index (κ2) is 6.10. The number of benzene rings is 1. The van der Waals surface area contributed by atoms with Crippen molar-refractivity contribution < 1.29 is 22.4 Å². The molecule has 0 aliphatic heterocycles. The van der Waals surface area contributed by atoms with E-state index in [9.17, 15) is 22.4 Å². The van der Waals surface area contributed by atoms with Gasteiger partial charge in [-0.2, -0.15) is 13.2 Å². The van der Waals surface area contributed by atoms with Gasteiger partial charge in [0.2, 0.25) is 5.91 Å². The first-order valence-corrected chi connectivity index (χ1v) is 5.63. The van der Waals surface area contributed by atoms with Gasteiger partial charge in [-0.05, 0) is 19.1 Å². The Morgan fingerprint density at radius 2 is 2.05 bits per heavy atom. The smallest absolute Gasteiger partial charge is 0.371 e. The van der Waals surface area contributed by atoms with Crippen LogP contribution in [0.15, 0.2) is 18.2 Å². The van der Waals surface area contributed by atoms with Crippen LogP contribution in [-0.4, -0.2) is 24.7 Å². The van der Waals surface area contributed by atoms with Gasteiger partial charge in [-0.15, -0.1) is 0 Å². The fourth-order valence-electron chi connectivity index (χ4n) is 1.25. The van der Waals surface area contributed by atoms with Gasteiger partial charge in [-0.3, -0.25) is 4.79 Å². The maximum atomic E-state index is 13.5. The van der Waals surface area contributed by atoms with E-state index in [2.05, 4.69) is 5.32 Å². The van der Waals surface area contributed by atoms with E-state index in [4.69, 9.17) is 11.6 Å². The van der Waals surface area contributed by atoms with E-state index in [1.807, 2.05) is 0 Å². The monoisotopic (exact) mass is 298 g/mol. The molecule has 1 amide bonds. The fraction of sp³-hybridized carbons (Fsp3) is 0.364. The molecule has 0 fully saturated rings. The first-order chi connectivity index (χ1) is 8.70. The molecule has 0 aliphatic rings. The lowest BCUT2D eigenvalue weighted by molar-refractivity contribution is -0.138. The number of carbonyl (C=O) groups is 1. The Bertz CT molecular complexity index is 464. The summed E-state index contributed by atoms with van der Waals surface area (Å²) in [6.45, 7) is -0.123. The highest BCUT2D eigenvalue weighted by molar-refractivity contribution is 6.31. The van der Waals surface area contributed by atoms with E-state index in [0.717, 1.165) is 0 Å². The van der Waals surface area contributed by atoms with Crippen molar-refractivity contribution in [3.63, 3.8) is 0 Å². The third-order valence-electron chi connectivity index (χ3n) is 2.18. The zero-order chi connectivity index (χ0) is 14.6. The lowest BCUT2D eigenvalue weighted by Crippen LogP contribution is -2.42. The van der Waals surface area contributed by atoms with Gasteiger partial charge in [-0.1, -0.05) is 17.7 Å². The fourth-order valence-corrected chi connectivity index (χ4v) is 1.43. The van der Waals surface area contributed by atoms with Crippen LogP contribution in [0.4, 0.5) is 23.2 Å². The van der Waals surface area contributed by atoms with Gasteiger partial charge in [0, 0.05) is 0 Å². The molecule has 0 aliphatic carbocycles. The van der Waals surface area contributed by atoms with Gasteiger partial charge in [0.05, 0.1) is 10.7 Å². The minimum Gasteiger partial charge on any atom is -0.371 e. The molecule has 0 bridgehead atoms. The molecule has 0 aromatic heterocycles. The van der Waals surface area contributed by atoms with Gasteiger partial charge in [-0.25, -0.2) is 4.39 Å². The molecule has 106 valence electrons. The molecule has 0 spiro atoms. The highest BCUT2D eigenvalue weighted by Crippen LogP contribution is 2.22. The summed E-state index contributed by atoms with van der Waals surface area (Å²) >= 11 is 5.53. The Morgan fingerprint density at radius 1 is 1.42 bits per heavy atom. The van der Waals surface area contributed by atoms with E-state index < -0.39 is 30.5 Å². The predicted molar refractivity (Wildman–Crippen MR) is 63.6 cm³/mol. The van der Waals surface area contributed by atoms with Crippen molar-refractivity contribution in [3.8, 4) is 0 Å².